The van der Waals surface area contributed by atoms with Gasteiger partial charge < -0.3 is 14.8 Å². The van der Waals surface area contributed by atoms with Crippen LogP contribution in [-0.4, -0.2) is 27.0 Å². The Morgan fingerprint density at radius 3 is 2.83 bits per heavy atom. The zero-order chi connectivity index (χ0) is 20.6. The molecular weight excluding hydrogens is 402 g/mol. The zero-order valence-corrected chi connectivity index (χ0v) is 16.1. The number of aryl methyl sites for hydroxylation is 1. The molecule has 7 nitrogen and oxygen atoms in total. The van der Waals surface area contributed by atoms with Crippen LogP contribution >= 0.6 is 12.2 Å². The van der Waals surface area contributed by atoms with E-state index >= 15 is 0 Å². The van der Waals surface area contributed by atoms with Crippen molar-refractivity contribution in [2.24, 2.45) is 0 Å². The summed E-state index contributed by atoms with van der Waals surface area (Å²) in [5, 5.41) is 9.65. The van der Waals surface area contributed by atoms with Gasteiger partial charge in [-0.15, -0.1) is 8.78 Å². The van der Waals surface area contributed by atoms with Crippen molar-refractivity contribution in [2.45, 2.75) is 26.2 Å². The number of benzene rings is 2. The Balaban J connectivity index is 1.44. The van der Waals surface area contributed by atoms with E-state index in [0.29, 0.717) is 22.8 Å². The lowest BCUT2D eigenvalue weighted by Crippen LogP contribution is -2.25. The molecule has 1 aliphatic heterocycles. The Labute approximate surface area is 169 Å². The normalized spacial score (nSPS) is 14.0. The van der Waals surface area contributed by atoms with Crippen LogP contribution < -0.4 is 14.8 Å². The minimum atomic E-state index is -3.70. The number of carbonyl (C=O) groups is 1. The highest BCUT2D eigenvalue weighted by Crippen LogP contribution is 2.42. The molecule has 0 aliphatic carbocycles. The number of alkyl halides is 2. The van der Waals surface area contributed by atoms with Crippen LogP contribution in [-0.2, 0) is 11.3 Å². The van der Waals surface area contributed by atoms with Crippen LogP contribution in [0.4, 0.5) is 14.5 Å². The number of nitrogens with zero attached hydrogens (tertiary/aromatic N) is 2. The SMILES string of the molecule is Cc1cccc(-c2n[nH]c(=S)n2CCC(=O)Nc2ccc3c(c2)OC(F)(F)O3)c1. The maximum Gasteiger partial charge on any atom is 0.586 e. The summed E-state index contributed by atoms with van der Waals surface area (Å²) in [5.41, 5.74) is 2.29. The predicted molar refractivity (Wildman–Crippen MR) is 103 cm³/mol. The molecule has 1 aromatic heterocycles. The Bertz CT molecular complexity index is 1140. The summed E-state index contributed by atoms with van der Waals surface area (Å²) in [6.45, 7) is 2.27. The smallest absolute Gasteiger partial charge is 0.395 e. The first-order chi connectivity index (χ1) is 13.8. The molecular formula is C19H16F2N4O3S. The lowest BCUT2D eigenvalue weighted by molar-refractivity contribution is -0.286. The number of carbonyl (C=O) groups excluding carboxylic acids is 1. The average Bonchev–Trinajstić information content (AvgIpc) is 3.17. The van der Waals surface area contributed by atoms with E-state index in [4.69, 9.17) is 12.2 Å². The van der Waals surface area contributed by atoms with E-state index in [-0.39, 0.29) is 23.8 Å². The minimum absolute atomic E-state index is 0.0829. The van der Waals surface area contributed by atoms with Crippen molar-refractivity contribution in [2.75, 3.05) is 5.32 Å². The number of fused-ring (bicyclic) bond motifs is 1. The molecule has 150 valence electrons. The van der Waals surface area contributed by atoms with Crippen LogP contribution in [0.5, 0.6) is 11.5 Å². The lowest BCUT2D eigenvalue weighted by Gasteiger charge is -2.09. The Hall–Kier alpha value is -3.27. The molecule has 4 rings (SSSR count). The first-order valence-electron chi connectivity index (χ1n) is 8.73. The lowest BCUT2D eigenvalue weighted by atomic mass is 10.1. The Morgan fingerprint density at radius 2 is 2.03 bits per heavy atom. The first kappa shape index (κ1) is 19.1. The van der Waals surface area contributed by atoms with Crippen molar-refractivity contribution in [1.82, 2.24) is 14.8 Å². The molecule has 0 bridgehead atoms. The summed E-state index contributed by atoms with van der Waals surface area (Å²) < 4.78 is 37.1. The van der Waals surface area contributed by atoms with E-state index in [1.165, 1.54) is 18.2 Å². The average molecular weight is 418 g/mol. The summed E-state index contributed by atoms with van der Waals surface area (Å²) in [7, 11) is 0. The quantitative estimate of drug-likeness (QED) is 0.605. The summed E-state index contributed by atoms with van der Waals surface area (Å²) in [4.78, 5) is 12.3. The van der Waals surface area contributed by atoms with Crippen LogP contribution in [0.1, 0.15) is 12.0 Å². The van der Waals surface area contributed by atoms with Crippen LogP contribution in [0.3, 0.4) is 0 Å². The van der Waals surface area contributed by atoms with Crippen molar-refractivity contribution in [3.8, 4) is 22.9 Å². The molecule has 0 atom stereocenters. The molecule has 0 unspecified atom stereocenters. The summed E-state index contributed by atoms with van der Waals surface area (Å²) in [5.74, 6) is 0.109. The molecule has 1 amide bonds. The van der Waals surface area contributed by atoms with Crippen LogP contribution in [0.2, 0.25) is 0 Å². The summed E-state index contributed by atoms with van der Waals surface area (Å²) in [6.07, 6.45) is -3.59. The van der Waals surface area contributed by atoms with Crippen molar-refractivity contribution in [3.05, 3.63) is 52.8 Å². The van der Waals surface area contributed by atoms with Crippen LogP contribution in [0.15, 0.2) is 42.5 Å². The third-order valence-electron chi connectivity index (χ3n) is 4.28. The van der Waals surface area contributed by atoms with Gasteiger partial charge in [-0.05, 0) is 37.3 Å². The van der Waals surface area contributed by atoms with Gasteiger partial charge in [-0.25, -0.2) is 0 Å². The van der Waals surface area contributed by atoms with Crippen molar-refractivity contribution >= 4 is 23.8 Å². The van der Waals surface area contributed by atoms with Gasteiger partial charge in [0.2, 0.25) is 5.91 Å². The minimum Gasteiger partial charge on any atom is -0.395 e. The van der Waals surface area contributed by atoms with E-state index in [1.54, 1.807) is 4.57 Å². The number of nitrogens with one attached hydrogen (secondary N) is 2. The van der Waals surface area contributed by atoms with Gasteiger partial charge in [-0.3, -0.25) is 14.5 Å². The number of hydrogen-bond acceptors (Lipinski definition) is 5. The van der Waals surface area contributed by atoms with Gasteiger partial charge in [0.15, 0.2) is 22.1 Å². The van der Waals surface area contributed by atoms with Crippen LogP contribution in [0.25, 0.3) is 11.4 Å². The number of anilines is 1. The highest BCUT2D eigenvalue weighted by Gasteiger charge is 2.43. The van der Waals surface area contributed by atoms with Gasteiger partial charge in [-0.2, -0.15) is 5.10 Å². The number of rotatable bonds is 5. The second-order valence-electron chi connectivity index (χ2n) is 6.50. The topological polar surface area (TPSA) is 81.2 Å². The number of aromatic nitrogens is 3. The monoisotopic (exact) mass is 418 g/mol. The molecule has 29 heavy (non-hydrogen) atoms. The molecule has 2 aromatic carbocycles. The molecule has 0 saturated carbocycles. The number of H-pyrrole nitrogens is 1. The molecule has 3 aromatic rings. The molecule has 0 saturated heterocycles. The zero-order valence-electron chi connectivity index (χ0n) is 15.2. The highest BCUT2D eigenvalue weighted by atomic mass is 32.1. The number of aromatic amines is 1. The fourth-order valence-corrected chi connectivity index (χ4v) is 3.22. The Kier molecular flexibility index (Phi) is 4.79. The number of hydrogen-bond donors (Lipinski definition) is 2. The number of ether oxygens (including phenoxy) is 2. The van der Waals surface area contributed by atoms with Gasteiger partial charge in [0, 0.05) is 30.3 Å². The molecule has 10 heteroatoms. The maximum absolute atomic E-state index is 13.1. The second kappa shape index (κ2) is 7.28. The molecule has 1 aliphatic rings. The van der Waals surface area contributed by atoms with Gasteiger partial charge >= 0.3 is 6.29 Å². The summed E-state index contributed by atoms with van der Waals surface area (Å²) in [6, 6.07) is 11.8. The van der Waals surface area contributed by atoms with E-state index < -0.39 is 6.29 Å². The molecule has 2 N–H and O–H groups in total. The molecule has 0 radical (unpaired) electrons. The van der Waals surface area contributed by atoms with Gasteiger partial charge in [0.1, 0.15) is 0 Å². The van der Waals surface area contributed by atoms with Gasteiger partial charge in [-0.1, -0.05) is 23.8 Å². The predicted octanol–water partition coefficient (Wildman–Crippen LogP) is 4.27. The fourth-order valence-electron chi connectivity index (χ4n) is 2.99. The first-order valence-corrected chi connectivity index (χ1v) is 9.13. The molecule has 0 fully saturated rings. The summed E-state index contributed by atoms with van der Waals surface area (Å²) >= 11 is 5.27. The van der Waals surface area contributed by atoms with E-state index in [9.17, 15) is 13.6 Å². The Morgan fingerprint density at radius 1 is 1.24 bits per heavy atom. The largest absolute Gasteiger partial charge is 0.586 e. The van der Waals surface area contributed by atoms with Crippen LogP contribution in [0, 0.1) is 11.7 Å². The maximum atomic E-state index is 13.1. The van der Waals surface area contributed by atoms with Crippen molar-refractivity contribution in [3.63, 3.8) is 0 Å². The second-order valence-corrected chi connectivity index (χ2v) is 6.89. The van der Waals surface area contributed by atoms with Gasteiger partial charge in [0.05, 0.1) is 0 Å². The third kappa shape index (κ3) is 4.11. The van der Waals surface area contributed by atoms with E-state index in [0.717, 1.165) is 11.1 Å². The van der Waals surface area contributed by atoms with Crippen molar-refractivity contribution < 1.29 is 23.0 Å². The standard InChI is InChI=1S/C19H16F2N4O3S/c1-11-3-2-4-12(9-11)17-23-24-18(29)25(17)8-7-16(26)22-13-5-6-14-15(10-13)28-19(20,21)27-14/h2-6,9-10H,7-8H2,1H3,(H,22,26)(H,24,29). The third-order valence-corrected chi connectivity index (χ3v) is 4.59. The highest BCUT2D eigenvalue weighted by molar-refractivity contribution is 7.71. The van der Waals surface area contributed by atoms with Crippen molar-refractivity contribution in [1.29, 1.82) is 0 Å². The number of amides is 1. The number of halogens is 2. The van der Waals surface area contributed by atoms with E-state index in [2.05, 4.69) is 25.0 Å². The van der Waals surface area contributed by atoms with E-state index in [1.807, 2.05) is 31.2 Å². The molecule has 2 heterocycles. The fraction of sp³-hybridized carbons (Fsp3) is 0.211. The van der Waals surface area contributed by atoms with Gasteiger partial charge in [0.25, 0.3) is 0 Å². The molecule has 0 spiro atoms.